The molecule has 2 saturated heterocycles. The lowest BCUT2D eigenvalue weighted by Crippen LogP contribution is -2.44. The first-order valence-electron chi connectivity index (χ1n) is 13.9. The minimum absolute atomic E-state index is 0.135. The summed E-state index contributed by atoms with van der Waals surface area (Å²) in [6.07, 6.45) is 5.44. The van der Waals surface area contributed by atoms with E-state index < -0.39 is 0 Å². The van der Waals surface area contributed by atoms with Crippen molar-refractivity contribution in [2.24, 2.45) is 5.92 Å². The number of carbonyl (C=O) groups is 1. The Kier molecular flexibility index (Phi) is 9.76. The van der Waals surface area contributed by atoms with Crippen molar-refractivity contribution in [3.05, 3.63) is 58.3 Å². The third kappa shape index (κ3) is 8.19. The molecule has 2 N–H and O–H groups in total. The quantitative estimate of drug-likeness (QED) is 0.390. The van der Waals surface area contributed by atoms with Crippen LogP contribution in [0.2, 0.25) is 10.0 Å². The van der Waals surface area contributed by atoms with Crippen LogP contribution in [0.1, 0.15) is 18.4 Å². The number of anilines is 1. The van der Waals surface area contributed by atoms with E-state index in [1.54, 1.807) is 25.5 Å². The maximum Gasteiger partial charge on any atom is 0.314 e. The fraction of sp³-hybridized carbons (Fsp3) is 0.448. The van der Waals surface area contributed by atoms with Gasteiger partial charge in [0.25, 0.3) is 0 Å². The van der Waals surface area contributed by atoms with Gasteiger partial charge >= 0.3 is 6.03 Å². The number of nitrogens with one attached hydrogen (secondary N) is 2. The Morgan fingerprint density at radius 3 is 2.34 bits per heavy atom. The Morgan fingerprint density at radius 2 is 1.68 bits per heavy atom. The van der Waals surface area contributed by atoms with Crippen molar-refractivity contribution in [2.45, 2.75) is 19.4 Å². The minimum Gasteiger partial charge on any atom is -0.419 e. The molecule has 41 heavy (non-hydrogen) atoms. The van der Waals surface area contributed by atoms with Crippen LogP contribution in [0.15, 0.2) is 42.7 Å². The molecule has 12 heteroatoms. The number of halogens is 2. The molecule has 0 saturated carbocycles. The molecule has 10 nitrogen and oxygen atoms in total. The van der Waals surface area contributed by atoms with E-state index in [2.05, 4.69) is 48.4 Å². The zero-order valence-corrected chi connectivity index (χ0v) is 25.0. The van der Waals surface area contributed by atoms with Crippen LogP contribution in [0, 0.1) is 5.92 Å². The van der Waals surface area contributed by atoms with Crippen LogP contribution in [0.25, 0.3) is 11.3 Å². The maximum absolute atomic E-state index is 11.5. The summed E-state index contributed by atoms with van der Waals surface area (Å²) in [4.78, 5) is 32.4. The van der Waals surface area contributed by atoms with Gasteiger partial charge in [-0.2, -0.15) is 0 Å². The van der Waals surface area contributed by atoms with Crippen molar-refractivity contribution in [3.63, 3.8) is 0 Å². The molecule has 0 unspecified atom stereocenters. The van der Waals surface area contributed by atoms with Crippen molar-refractivity contribution >= 4 is 35.1 Å². The van der Waals surface area contributed by atoms with Gasteiger partial charge in [-0.25, -0.2) is 19.7 Å². The molecular formula is C29H36Cl2N8O2. The van der Waals surface area contributed by atoms with Crippen molar-refractivity contribution in [3.8, 4) is 23.0 Å². The normalized spacial score (nSPS) is 16.9. The first kappa shape index (κ1) is 29.3. The van der Waals surface area contributed by atoms with E-state index in [9.17, 15) is 4.79 Å². The summed E-state index contributed by atoms with van der Waals surface area (Å²) in [6.45, 7) is 7.14. The molecule has 2 aliphatic rings. The number of nitrogens with zero attached hydrogens (tertiary/aromatic N) is 6. The Balaban J connectivity index is 1.31. The predicted molar refractivity (Wildman–Crippen MR) is 162 cm³/mol. The Bertz CT molecular complexity index is 1310. The highest BCUT2D eigenvalue weighted by molar-refractivity contribution is 6.35. The van der Waals surface area contributed by atoms with E-state index in [1.807, 2.05) is 18.2 Å². The van der Waals surface area contributed by atoms with Gasteiger partial charge in [-0.15, -0.1) is 0 Å². The molecule has 5 rings (SSSR count). The number of pyridine rings is 1. The van der Waals surface area contributed by atoms with Crippen LogP contribution >= 0.6 is 23.2 Å². The summed E-state index contributed by atoms with van der Waals surface area (Å²) < 4.78 is 6.13. The SMILES string of the molecule is CNC(=O)NCC1CCN(Cc2cc(Oc3cnc(N4CCN(C)CC4)cn3)nc(-c3cc(Cl)cc(Cl)c3)c2)CC1. The van der Waals surface area contributed by atoms with E-state index in [1.165, 1.54) is 0 Å². The largest absolute Gasteiger partial charge is 0.419 e. The molecule has 0 atom stereocenters. The standard InChI is InChI=1S/C29H36Cl2N8O2/c1-32-29(40)35-16-20-3-5-38(6-4-20)19-21-11-25(22-13-23(30)15-24(31)14-22)36-27(12-21)41-28-18-33-26(17-34-28)39-9-7-37(2)8-10-39/h11-15,17-18,20H,3-10,16,19H2,1-2H3,(H2,32,35,40). The number of likely N-dealkylation sites (tertiary alicyclic amines) is 1. The highest BCUT2D eigenvalue weighted by Crippen LogP contribution is 2.30. The van der Waals surface area contributed by atoms with Gasteiger partial charge in [-0.3, -0.25) is 4.90 Å². The second kappa shape index (κ2) is 13.7. The number of carbonyl (C=O) groups excluding carboxylic acids is 1. The highest BCUT2D eigenvalue weighted by atomic mass is 35.5. The Labute approximate surface area is 251 Å². The molecule has 2 aliphatic heterocycles. The number of rotatable bonds is 8. The van der Waals surface area contributed by atoms with E-state index in [4.69, 9.17) is 32.9 Å². The number of hydrogen-bond acceptors (Lipinski definition) is 8. The second-order valence-electron chi connectivity index (χ2n) is 10.6. The fourth-order valence-electron chi connectivity index (χ4n) is 5.15. The average Bonchev–Trinajstić information content (AvgIpc) is 2.97. The molecule has 2 aromatic heterocycles. The fourth-order valence-corrected chi connectivity index (χ4v) is 5.68. The first-order valence-corrected chi connectivity index (χ1v) is 14.7. The van der Waals surface area contributed by atoms with Crippen LogP contribution < -0.4 is 20.3 Å². The summed E-state index contributed by atoms with van der Waals surface area (Å²) in [6, 6.07) is 9.26. The molecular weight excluding hydrogens is 563 g/mol. The third-order valence-electron chi connectivity index (χ3n) is 7.56. The van der Waals surface area contributed by atoms with Crippen LogP contribution in [-0.4, -0.2) is 90.7 Å². The summed E-state index contributed by atoms with van der Waals surface area (Å²) in [7, 11) is 3.76. The van der Waals surface area contributed by atoms with Crippen molar-refractivity contribution in [2.75, 3.05) is 64.8 Å². The molecule has 4 heterocycles. The van der Waals surface area contributed by atoms with Gasteiger partial charge in [0.15, 0.2) is 0 Å². The van der Waals surface area contributed by atoms with Crippen LogP contribution in [0.5, 0.6) is 11.8 Å². The maximum atomic E-state index is 11.5. The lowest BCUT2D eigenvalue weighted by molar-refractivity contribution is 0.175. The number of amides is 2. The molecule has 0 bridgehead atoms. The smallest absolute Gasteiger partial charge is 0.314 e. The van der Waals surface area contributed by atoms with Crippen LogP contribution in [0.4, 0.5) is 10.6 Å². The number of hydrogen-bond donors (Lipinski definition) is 2. The molecule has 2 fully saturated rings. The van der Waals surface area contributed by atoms with Gasteiger partial charge in [0.2, 0.25) is 11.8 Å². The van der Waals surface area contributed by atoms with Gasteiger partial charge in [0.1, 0.15) is 5.82 Å². The van der Waals surface area contributed by atoms with Crippen molar-refractivity contribution < 1.29 is 9.53 Å². The molecule has 0 radical (unpaired) electrons. The van der Waals surface area contributed by atoms with E-state index in [-0.39, 0.29) is 6.03 Å². The number of ether oxygens (including phenoxy) is 1. The number of urea groups is 1. The summed E-state index contributed by atoms with van der Waals surface area (Å²) in [5.41, 5.74) is 2.59. The predicted octanol–water partition coefficient (Wildman–Crippen LogP) is 4.53. The zero-order chi connectivity index (χ0) is 28.8. The molecule has 1 aromatic carbocycles. The zero-order valence-electron chi connectivity index (χ0n) is 23.4. The number of piperidine rings is 1. The van der Waals surface area contributed by atoms with Gasteiger partial charge in [0, 0.05) is 68.0 Å². The highest BCUT2D eigenvalue weighted by Gasteiger charge is 2.21. The first-order chi connectivity index (χ1) is 19.8. The van der Waals surface area contributed by atoms with Gasteiger partial charge in [-0.05, 0) is 68.7 Å². The Hall–Kier alpha value is -3.18. The number of aromatic nitrogens is 3. The van der Waals surface area contributed by atoms with E-state index in [0.29, 0.717) is 40.0 Å². The minimum atomic E-state index is -0.135. The molecule has 3 aromatic rings. The van der Waals surface area contributed by atoms with Crippen LogP contribution in [0.3, 0.4) is 0 Å². The van der Waals surface area contributed by atoms with Gasteiger partial charge in [-0.1, -0.05) is 23.2 Å². The van der Waals surface area contributed by atoms with Crippen molar-refractivity contribution in [1.29, 1.82) is 0 Å². The third-order valence-corrected chi connectivity index (χ3v) is 8.00. The van der Waals surface area contributed by atoms with E-state index in [0.717, 1.165) is 75.6 Å². The Morgan fingerprint density at radius 1 is 0.951 bits per heavy atom. The van der Waals surface area contributed by atoms with Gasteiger partial charge in [0.05, 0.1) is 18.1 Å². The number of likely N-dealkylation sites (N-methyl/N-ethyl adjacent to an activating group) is 1. The molecule has 218 valence electrons. The molecule has 2 amide bonds. The number of benzene rings is 1. The lowest BCUT2D eigenvalue weighted by Gasteiger charge is -2.32. The summed E-state index contributed by atoms with van der Waals surface area (Å²) in [5.74, 6) is 2.12. The van der Waals surface area contributed by atoms with Crippen LogP contribution in [-0.2, 0) is 6.54 Å². The summed E-state index contributed by atoms with van der Waals surface area (Å²) in [5, 5.41) is 6.61. The number of piperazine rings is 1. The monoisotopic (exact) mass is 598 g/mol. The molecule has 0 spiro atoms. The summed E-state index contributed by atoms with van der Waals surface area (Å²) >= 11 is 12.6. The second-order valence-corrected chi connectivity index (χ2v) is 11.5. The lowest BCUT2D eigenvalue weighted by atomic mass is 9.96. The molecule has 0 aliphatic carbocycles. The topological polar surface area (TPSA) is 98.8 Å². The average molecular weight is 600 g/mol. The van der Waals surface area contributed by atoms with E-state index >= 15 is 0 Å². The van der Waals surface area contributed by atoms with Gasteiger partial charge < -0.3 is 25.2 Å². The van der Waals surface area contributed by atoms with Crippen molar-refractivity contribution in [1.82, 2.24) is 35.4 Å².